The zero-order valence-corrected chi connectivity index (χ0v) is 22.7. The van der Waals surface area contributed by atoms with Crippen LogP contribution in [0.25, 0.3) is 0 Å². The highest BCUT2D eigenvalue weighted by atomic mass is 32.2. The fraction of sp³-hybridized carbons (Fsp3) is 0.750. The summed E-state index contributed by atoms with van der Waals surface area (Å²) in [7, 11) is -3.13. The van der Waals surface area contributed by atoms with E-state index >= 15 is 0 Å². The summed E-state index contributed by atoms with van der Waals surface area (Å²) in [6.07, 6.45) is 9.46. The number of benzene rings is 1. The van der Waals surface area contributed by atoms with Gasteiger partial charge in [-0.1, -0.05) is 0 Å². The molecule has 8 nitrogen and oxygen atoms in total. The van der Waals surface area contributed by atoms with Gasteiger partial charge in [0, 0.05) is 37.9 Å². The van der Waals surface area contributed by atoms with Crippen LogP contribution in [0.4, 0.5) is 5.69 Å². The molecule has 3 atom stereocenters. The molecule has 7 rings (SSSR count). The normalized spacial score (nSPS) is 36.5. The number of sulfonamides is 1. The number of hydrogen-bond donors (Lipinski definition) is 2. The Morgan fingerprint density at radius 3 is 2.35 bits per heavy atom. The van der Waals surface area contributed by atoms with Crippen LogP contribution in [0, 0.1) is 23.2 Å². The van der Waals surface area contributed by atoms with Gasteiger partial charge in [0.05, 0.1) is 17.8 Å². The van der Waals surface area contributed by atoms with Gasteiger partial charge < -0.3 is 20.1 Å². The van der Waals surface area contributed by atoms with Crippen LogP contribution in [-0.2, 0) is 14.8 Å². The van der Waals surface area contributed by atoms with E-state index in [1.165, 1.54) is 10.6 Å². The maximum absolute atomic E-state index is 13.6. The lowest BCUT2D eigenvalue weighted by Crippen LogP contribution is -2.60. The lowest BCUT2D eigenvalue weighted by atomic mass is 9.48. The van der Waals surface area contributed by atoms with Crippen LogP contribution < -0.4 is 15.0 Å². The van der Waals surface area contributed by atoms with E-state index < -0.39 is 10.0 Å². The second kappa shape index (κ2) is 9.72. The lowest BCUT2D eigenvalue weighted by molar-refractivity contribution is -0.163. The standard InChI is InChI=1S/C28H41N3O5S/c1-37(34,35)31-11-8-25(9-12-31)36-24-6-4-23(5-7-24)30-10-2-3-22(18-30)29-27(33)28-15-19-13-20(16-28)26(32)21(14-19)17-28/h4-7,19-22,25-26,32H,2-3,8-18H2,1H3,(H,29,33). The molecule has 4 bridgehead atoms. The first-order valence-electron chi connectivity index (χ1n) is 14.1. The van der Waals surface area contributed by atoms with Crippen molar-refractivity contribution in [2.24, 2.45) is 23.2 Å². The number of ether oxygens (including phenoxy) is 1. The number of nitrogens with zero attached hydrogens (tertiary/aromatic N) is 2. The van der Waals surface area contributed by atoms with Crippen molar-refractivity contribution in [2.45, 2.75) is 76.0 Å². The number of nitrogens with one attached hydrogen (secondary N) is 1. The minimum Gasteiger partial charge on any atom is -0.490 e. The Hall–Kier alpha value is -1.84. The second-order valence-corrected chi connectivity index (χ2v) is 14.5. The molecule has 1 aromatic rings. The maximum atomic E-state index is 13.6. The average molecular weight is 532 g/mol. The predicted octanol–water partition coefficient (Wildman–Crippen LogP) is 2.76. The van der Waals surface area contributed by atoms with E-state index in [0.717, 1.165) is 69.5 Å². The molecular weight excluding hydrogens is 490 g/mol. The molecule has 1 aromatic carbocycles. The molecule has 37 heavy (non-hydrogen) atoms. The number of amides is 1. The van der Waals surface area contributed by atoms with Crippen LogP contribution in [0.2, 0.25) is 0 Å². The summed E-state index contributed by atoms with van der Waals surface area (Å²) in [4.78, 5) is 15.9. The Balaban J connectivity index is 1.03. The van der Waals surface area contributed by atoms with E-state index in [1.807, 2.05) is 12.1 Å². The third kappa shape index (κ3) is 5.11. The summed E-state index contributed by atoms with van der Waals surface area (Å²) >= 11 is 0. The minimum absolute atomic E-state index is 0.0316. The van der Waals surface area contributed by atoms with E-state index in [2.05, 4.69) is 22.3 Å². The number of hydrogen-bond acceptors (Lipinski definition) is 6. The van der Waals surface area contributed by atoms with Gasteiger partial charge in [-0.05, 0) is 99.8 Å². The van der Waals surface area contributed by atoms with Gasteiger partial charge in [-0.25, -0.2) is 12.7 Å². The molecule has 1 amide bonds. The first-order valence-corrected chi connectivity index (χ1v) is 16.0. The van der Waals surface area contributed by atoms with Crippen LogP contribution in [-0.4, -0.2) is 74.4 Å². The zero-order chi connectivity index (χ0) is 25.8. The van der Waals surface area contributed by atoms with Gasteiger partial charge in [0.1, 0.15) is 11.9 Å². The molecule has 9 heteroatoms. The van der Waals surface area contributed by atoms with Crippen molar-refractivity contribution >= 4 is 21.6 Å². The molecular formula is C28H41N3O5S. The number of piperidine rings is 2. The molecule has 6 aliphatic rings. The molecule has 2 N–H and O–H groups in total. The van der Waals surface area contributed by atoms with Gasteiger partial charge in [0.25, 0.3) is 0 Å². The van der Waals surface area contributed by atoms with E-state index in [4.69, 9.17) is 4.74 Å². The van der Waals surface area contributed by atoms with Crippen LogP contribution in [0.3, 0.4) is 0 Å². The molecule has 2 aliphatic heterocycles. The van der Waals surface area contributed by atoms with E-state index in [1.54, 1.807) is 0 Å². The van der Waals surface area contributed by atoms with Crippen LogP contribution >= 0.6 is 0 Å². The molecule has 4 aliphatic carbocycles. The van der Waals surface area contributed by atoms with Crippen molar-refractivity contribution in [3.8, 4) is 5.75 Å². The van der Waals surface area contributed by atoms with Gasteiger partial charge >= 0.3 is 0 Å². The van der Waals surface area contributed by atoms with Crippen molar-refractivity contribution in [1.82, 2.24) is 9.62 Å². The quantitative estimate of drug-likeness (QED) is 0.586. The number of carbonyl (C=O) groups is 1. The van der Waals surface area contributed by atoms with Gasteiger partial charge in [-0.3, -0.25) is 4.79 Å². The summed E-state index contributed by atoms with van der Waals surface area (Å²) in [5.74, 6) is 2.28. The van der Waals surface area contributed by atoms with Crippen molar-refractivity contribution in [1.29, 1.82) is 0 Å². The third-order valence-electron chi connectivity index (χ3n) is 9.84. The highest BCUT2D eigenvalue weighted by Gasteiger charge is 2.58. The summed E-state index contributed by atoms with van der Waals surface area (Å²) in [6, 6.07) is 8.33. The molecule has 204 valence electrons. The Labute approximate surface area is 220 Å². The SMILES string of the molecule is CS(=O)(=O)N1CCC(Oc2ccc(N3CCCC(NC(=O)C45CC6CC(C4)C(O)C(C6)C5)C3)cc2)CC1. The Kier molecular flexibility index (Phi) is 6.68. The third-order valence-corrected chi connectivity index (χ3v) is 11.1. The molecule has 2 heterocycles. The van der Waals surface area contributed by atoms with Crippen LogP contribution in [0.1, 0.15) is 57.8 Å². The Morgan fingerprint density at radius 2 is 1.70 bits per heavy atom. The minimum atomic E-state index is -3.13. The van der Waals surface area contributed by atoms with Gasteiger partial charge in [0.2, 0.25) is 15.9 Å². The summed E-state index contributed by atoms with van der Waals surface area (Å²) < 4.78 is 31.1. The van der Waals surface area contributed by atoms with Crippen molar-refractivity contribution in [3.05, 3.63) is 24.3 Å². The Morgan fingerprint density at radius 1 is 1.03 bits per heavy atom. The second-order valence-electron chi connectivity index (χ2n) is 12.5. The Bertz CT molecular complexity index is 1090. The van der Waals surface area contributed by atoms with Gasteiger partial charge in [0.15, 0.2) is 0 Å². The van der Waals surface area contributed by atoms with E-state index in [9.17, 15) is 18.3 Å². The lowest BCUT2D eigenvalue weighted by Gasteiger charge is -2.58. The number of carbonyl (C=O) groups excluding carboxylic acids is 1. The van der Waals surface area contributed by atoms with E-state index in [-0.39, 0.29) is 29.6 Å². The maximum Gasteiger partial charge on any atom is 0.226 e. The average Bonchev–Trinajstić information content (AvgIpc) is 2.87. The molecule has 0 spiro atoms. The molecule has 4 saturated carbocycles. The van der Waals surface area contributed by atoms with Crippen LogP contribution in [0.15, 0.2) is 24.3 Å². The van der Waals surface area contributed by atoms with E-state index in [0.29, 0.717) is 43.7 Å². The number of anilines is 1. The number of aliphatic hydroxyl groups excluding tert-OH is 1. The first kappa shape index (κ1) is 25.4. The highest BCUT2D eigenvalue weighted by molar-refractivity contribution is 7.88. The largest absolute Gasteiger partial charge is 0.490 e. The number of rotatable bonds is 6. The zero-order valence-electron chi connectivity index (χ0n) is 21.8. The monoisotopic (exact) mass is 531 g/mol. The molecule has 6 fully saturated rings. The van der Waals surface area contributed by atoms with Gasteiger partial charge in [-0.2, -0.15) is 0 Å². The number of aliphatic hydroxyl groups is 1. The smallest absolute Gasteiger partial charge is 0.226 e. The summed E-state index contributed by atoms with van der Waals surface area (Å²) in [5, 5.41) is 14.0. The van der Waals surface area contributed by atoms with Crippen molar-refractivity contribution < 1.29 is 23.1 Å². The summed E-state index contributed by atoms with van der Waals surface area (Å²) in [6.45, 7) is 2.80. The fourth-order valence-corrected chi connectivity index (χ4v) is 9.03. The fourth-order valence-electron chi connectivity index (χ4n) is 8.15. The van der Waals surface area contributed by atoms with Gasteiger partial charge in [-0.15, -0.1) is 0 Å². The molecule has 0 radical (unpaired) electrons. The summed E-state index contributed by atoms with van der Waals surface area (Å²) in [5.41, 5.74) is 0.880. The molecule has 3 unspecified atom stereocenters. The molecule has 2 saturated heterocycles. The van der Waals surface area contributed by atoms with Crippen molar-refractivity contribution in [3.63, 3.8) is 0 Å². The van der Waals surface area contributed by atoms with Crippen LogP contribution in [0.5, 0.6) is 5.75 Å². The topological polar surface area (TPSA) is 99.2 Å². The highest BCUT2D eigenvalue weighted by Crippen LogP contribution is 2.60. The first-order chi connectivity index (χ1) is 17.7. The molecule has 0 aromatic heterocycles. The predicted molar refractivity (Wildman–Crippen MR) is 142 cm³/mol. The van der Waals surface area contributed by atoms with Crippen molar-refractivity contribution in [2.75, 3.05) is 37.3 Å².